The molecule has 9 heteroatoms. The minimum Gasteiger partial charge on any atom is -0.361 e. The molecule has 0 aliphatic carbocycles. The summed E-state index contributed by atoms with van der Waals surface area (Å²) in [6, 6.07) is 8.02. The molecule has 1 atom stereocenters. The first-order chi connectivity index (χ1) is 15.0. The SMILES string of the molecule is CCCC(Cc1c[nH]c2ccccc12)NC(=O)C(=N)SC(=N)N1CCN(CCF)CC1. The van der Waals surface area contributed by atoms with Gasteiger partial charge in [-0.05, 0) is 36.2 Å². The van der Waals surface area contributed by atoms with Gasteiger partial charge in [0.15, 0.2) is 10.2 Å². The highest BCUT2D eigenvalue weighted by Gasteiger charge is 2.23. The Morgan fingerprint density at radius 3 is 2.71 bits per heavy atom. The van der Waals surface area contributed by atoms with E-state index >= 15 is 0 Å². The number of nitrogens with zero attached hydrogens (tertiary/aromatic N) is 2. The molecule has 0 spiro atoms. The molecular formula is C22H31FN6OS. The fraction of sp³-hybridized carbons (Fsp3) is 0.500. The number of H-pyrrole nitrogens is 1. The van der Waals surface area contributed by atoms with Gasteiger partial charge in [-0.2, -0.15) is 0 Å². The van der Waals surface area contributed by atoms with Crippen molar-refractivity contribution in [1.29, 1.82) is 10.8 Å². The van der Waals surface area contributed by atoms with Crippen LogP contribution in [0.3, 0.4) is 0 Å². The number of hydrogen-bond donors (Lipinski definition) is 4. The van der Waals surface area contributed by atoms with E-state index in [-0.39, 0.29) is 22.9 Å². The number of fused-ring (bicyclic) bond motifs is 1. The Morgan fingerprint density at radius 1 is 1.26 bits per heavy atom. The number of piperazine rings is 1. The third kappa shape index (κ3) is 6.30. The zero-order valence-electron chi connectivity index (χ0n) is 17.9. The van der Waals surface area contributed by atoms with E-state index < -0.39 is 5.91 Å². The van der Waals surface area contributed by atoms with Gasteiger partial charge >= 0.3 is 0 Å². The van der Waals surface area contributed by atoms with Crippen molar-refractivity contribution < 1.29 is 9.18 Å². The topological polar surface area (TPSA) is 99.1 Å². The second-order valence-electron chi connectivity index (χ2n) is 7.78. The molecule has 2 heterocycles. The molecule has 1 aromatic heterocycles. The lowest BCUT2D eigenvalue weighted by Gasteiger charge is -2.35. The van der Waals surface area contributed by atoms with Crippen molar-refractivity contribution >= 4 is 38.8 Å². The van der Waals surface area contributed by atoms with Gasteiger partial charge in [-0.25, -0.2) is 4.39 Å². The molecule has 1 aliphatic rings. The number of amides is 1. The zero-order chi connectivity index (χ0) is 22.2. The van der Waals surface area contributed by atoms with Gasteiger partial charge in [0.2, 0.25) is 0 Å². The number of alkyl halides is 1. The van der Waals surface area contributed by atoms with Gasteiger partial charge in [0.25, 0.3) is 5.91 Å². The van der Waals surface area contributed by atoms with Gasteiger partial charge in [-0.3, -0.25) is 20.5 Å². The van der Waals surface area contributed by atoms with E-state index in [4.69, 9.17) is 10.8 Å². The molecule has 1 aromatic carbocycles. The van der Waals surface area contributed by atoms with Crippen LogP contribution in [0.4, 0.5) is 4.39 Å². The number of carbonyl (C=O) groups is 1. The zero-order valence-corrected chi connectivity index (χ0v) is 18.7. The lowest BCUT2D eigenvalue weighted by molar-refractivity contribution is -0.115. The number of hydrogen-bond acceptors (Lipinski definition) is 5. The van der Waals surface area contributed by atoms with Crippen LogP contribution in [-0.2, 0) is 11.2 Å². The molecule has 1 fully saturated rings. The summed E-state index contributed by atoms with van der Waals surface area (Å²) in [6.45, 7) is 4.73. The average molecular weight is 447 g/mol. The first-order valence-corrected chi connectivity index (χ1v) is 11.6. The molecule has 168 valence electrons. The number of aromatic nitrogens is 1. The Morgan fingerprint density at radius 2 is 2.00 bits per heavy atom. The molecule has 1 amide bonds. The lowest BCUT2D eigenvalue weighted by atomic mass is 10.0. The Bertz CT molecular complexity index is 908. The maximum Gasteiger partial charge on any atom is 0.276 e. The third-order valence-electron chi connectivity index (χ3n) is 5.58. The maximum absolute atomic E-state index is 12.6. The largest absolute Gasteiger partial charge is 0.361 e. The molecule has 3 rings (SSSR count). The first-order valence-electron chi connectivity index (χ1n) is 10.8. The molecule has 7 nitrogen and oxygen atoms in total. The summed E-state index contributed by atoms with van der Waals surface area (Å²) in [5, 5.41) is 20.6. The highest BCUT2D eigenvalue weighted by atomic mass is 32.2. The molecule has 0 bridgehead atoms. The van der Waals surface area contributed by atoms with Crippen LogP contribution >= 0.6 is 11.8 Å². The van der Waals surface area contributed by atoms with Crippen molar-refractivity contribution in [2.45, 2.75) is 32.2 Å². The highest BCUT2D eigenvalue weighted by Crippen LogP contribution is 2.20. The summed E-state index contributed by atoms with van der Waals surface area (Å²) in [5.74, 6) is -0.441. The van der Waals surface area contributed by atoms with Crippen LogP contribution in [0.5, 0.6) is 0 Å². The van der Waals surface area contributed by atoms with E-state index in [2.05, 4.69) is 23.3 Å². The van der Waals surface area contributed by atoms with Gasteiger partial charge in [-0.15, -0.1) is 0 Å². The molecule has 1 saturated heterocycles. The van der Waals surface area contributed by atoms with E-state index in [9.17, 15) is 9.18 Å². The van der Waals surface area contributed by atoms with Crippen LogP contribution < -0.4 is 5.32 Å². The van der Waals surface area contributed by atoms with Gasteiger partial charge < -0.3 is 15.2 Å². The fourth-order valence-electron chi connectivity index (χ4n) is 3.89. The molecule has 1 aliphatic heterocycles. The van der Waals surface area contributed by atoms with Crippen molar-refractivity contribution in [3.8, 4) is 0 Å². The molecule has 4 N–H and O–H groups in total. The summed E-state index contributed by atoms with van der Waals surface area (Å²) >= 11 is 0.881. The lowest BCUT2D eigenvalue weighted by Crippen LogP contribution is -2.48. The minimum absolute atomic E-state index is 0.0731. The maximum atomic E-state index is 12.6. The Balaban J connectivity index is 1.53. The number of carbonyl (C=O) groups excluding carboxylic acids is 1. The van der Waals surface area contributed by atoms with E-state index in [0.29, 0.717) is 39.1 Å². The average Bonchev–Trinajstić information content (AvgIpc) is 3.17. The number of benzene rings is 1. The molecule has 2 aromatic rings. The standard InChI is InChI=1S/C22H31FN6OS/c1-2-5-17(14-16-15-26-19-7-4-3-6-18(16)19)27-21(30)20(24)31-22(25)29-12-10-28(9-8-23)11-13-29/h3-4,6-7,15,17,24-26H,2,5,8-14H2,1H3,(H,27,30). The number of halogens is 1. The van der Waals surface area contributed by atoms with Crippen LogP contribution in [0, 0.1) is 10.8 Å². The highest BCUT2D eigenvalue weighted by molar-refractivity contribution is 8.27. The fourth-order valence-corrected chi connectivity index (χ4v) is 4.55. The Hall–Kier alpha value is -2.39. The van der Waals surface area contributed by atoms with Gasteiger partial charge in [0.1, 0.15) is 6.67 Å². The normalized spacial score (nSPS) is 15.7. The van der Waals surface area contributed by atoms with Crippen LogP contribution in [0.15, 0.2) is 30.5 Å². The van der Waals surface area contributed by atoms with Crippen molar-refractivity contribution in [2.75, 3.05) is 39.4 Å². The molecular weight excluding hydrogens is 415 g/mol. The second kappa shape index (κ2) is 11.3. The van der Waals surface area contributed by atoms with Gasteiger partial charge in [-0.1, -0.05) is 31.5 Å². The summed E-state index contributed by atoms with van der Waals surface area (Å²) in [7, 11) is 0. The third-order valence-corrected chi connectivity index (χ3v) is 6.42. The van der Waals surface area contributed by atoms with Crippen LogP contribution in [0.25, 0.3) is 10.9 Å². The Labute approximate surface area is 186 Å². The predicted octanol–water partition coefficient (Wildman–Crippen LogP) is 3.23. The number of aromatic amines is 1. The number of amidine groups is 1. The molecule has 0 saturated carbocycles. The first kappa shape index (κ1) is 23.3. The Kier molecular flexibility index (Phi) is 8.48. The minimum atomic E-state index is -0.441. The van der Waals surface area contributed by atoms with Crippen LogP contribution in [0.2, 0.25) is 0 Å². The van der Waals surface area contributed by atoms with Gasteiger partial charge in [0, 0.05) is 55.9 Å². The quantitative estimate of drug-likeness (QED) is 0.388. The molecule has 0 radical (unpaired) electrons. The second-order valence-corrected chi connectivity index (χ2v) is 8.78. The number of para-hydroxylation sites is 1. The summed E-state index contributed by atoms with van der Waals surface area (Å²) in [6.07, 6.45) is 4.41. The van der Waals surface area contributed by atoms with E-state index in [1.54, 1.807) is 0 Å². The molecule has 1 unspecified atom stereocenters. The van der Waals surface area contributed by atoms with Crippen molar-refractivity contribution in [3.05, 3.63) is 36.0 Å². The van der Waals surface area contributed by atoms with Crippen molar-refractivity contribution in [2.24, 2.45) is 0 Å². The van der Waals surface area contributed by atoms with Gasteiger partial charge in [0.05, 0.1) is 0 Å². The number of rotatable bonds is 7. The van der Waals surface area contributed by atoms with Crippen molar-refractivity contribution in [3.63, 3.8) is 0 Å². The van der Waals surface area contributed by atoms with E-state index in [1.165, 1.54) is 0 Å². The van der Waals surface area contributed by atoms with Crippen LogP contribution in [-0.4, -0.2) is 76.3 Å². The summed E-state index contributed by atoms with van der Waals surface area (Å²) in [4.78, 5) is 19.8. The number of thioether (sulfide) groups is 1. The summed E-state index contributed by atoms with van der Waals surface area (Å²) < 4.78 is 12.5. The van der Waals surface area contributed by atoms with E-state index in [0.717, 1.165) is 41.1 Å². The molecule has 31 heavy (non-hydrogen) atoms. The smallest absolute Gasteiger partial charge is 0.276 e. The number of nitrogens with one attached hydrogen (secondary N) is 4. The monoisotopic (exact) mass is 446 g/mol. The predicted molar refractivity (Wildman–Crippen MR) is 126 cm³/mol. The summed E-state index contributed by atoms with van der Waals surface area (Å²) in [5.41, 5.74) is 2.22. The van der Waals surface area contributed by atoms with Crippen LogP contribution in [0.1, 0.15) is 25.3 Å². The van der Waals surface area contributed by atoms with E-state index in [1.807, 2.05) is 34.2 Å². The van der Waals surface area contributed by atoms with Crippen molar-refractivity contribution in [1.82, 2.24) is 20.1 Å².